The summed E-state index contributed by atoms with van der Waals surface area (Å²) >= 11 is 0.702. The summed E-state index contributed by atoms with van der Waals surface area (Å²) in [6, 6.07) is 8.20. The van der Waals surface area contributed by atoms with E-state index in [1.807, 2.05) is 12.1 Å². The van der Waals surface area contributed by atoms with Crippen molar-refractivity contribution in [2.45, 2.75) is 48.3 Å². The third-order valence-electron chi connectivity index (χ3n) is 8.28. The molecule has 2 aromatic heterocycles. The van der Waals surface area contributed by atoms with Crippen LogP contribution in [0.3, 0.4) is 0 Å². The molecular formula is C27H27F3N6O3S2. The largest absolute Gasteiger partial charge is 0.420 e. The van der Waals surface area contributed by atoms with Gasteiger partial charge in [-0.25, -0.2) is 18.4 Å². The average Bonchev–Trinajstić information content (AvgIpc) is 3.34. The zero-order valence-electron chi connectivity index (χ0n) is 22.0. The zero-order chi connectivity index (χ0) is 28.7. The molecule has 0 radical (unpaired) electrons. The number of thiophene rings is 1. The molecule has 3 fully saturated rings. The summed E-state index contributed by atoms with van der Waals surface area (Å²) in [5.41, 5.74) is 1.37. The summed E-state index contributed by atoms with van der Waals surface area (Å²) < 4.78 is 67.9. The maximum absolute atomic E-state index is 14.1. The van der Waals surface area contributed by atoms with Crippen LogP contribution in [0.5, 0.6) is 0 Å². The van der Waals surface area contributed by atoms with E-state index in [-0.39, 0.29) is 32.9 Å². The highest BCUT2D eigenvalue weighted by atomic mass is 32.2. The SMILES string of the molecule is CN1CCS(=O)(=O)c2cc(-c3nc(Nc4ccc(N5C[C@H]6C[C@@H]5CN6)cc4C4CC4)ncc3C(F)(F)F)sc2C1=O. The van der Waals surface area contributed by atoms with Crippen molar-refractivity contribution in [2.75, 3.05) is 42.7 Å². The van der Waals surface area contributed by atoms with E-state index in [0.29, 0.717) is 35.5 Å². The number of rotatable bonds is 5. The number of carbonyl (C=O) groups is 1. The van der Waals surface area contributed by atoms with Crippen molar-refractivity contribution in [1.29, 1.82) is 0 Å². The molecule has 9 nitrogen and oxygen atoms in total. The van der Waals surface area contributed by atoms with Gasteiger partial charge in [-0.05, 0) is 55.0 Å². The van der Waals surface area contributed by atoms with Crippen LogP contribution in [0.2, 0.25) is 0 Å². The number of benzene rings is 1. The predicted molar refractivity (Wildman–Crippen MR) is 149 cm³/mol. The number of alkyl halides is 3. The Morgan fingerprint density at radius 3 is 2.68 bits per heavy atom. The fourth-order valence-corrected chi connectivity index (χ4v) is 8.96. The molecule has 2 bridgehead atoms. The van der Waals surface area contributed by atoms with E-state index < -0.39 is 33.2 Å². The monoisotopic (exact) mass is 604 g/mol. The zero-order valence-corrected chi connectivity index (χ0v) is 23.7. The van der Waals surface area contributed by atoms with Crippen LogP contribution < -0.4 is 15.5 Å². The van der Waals surface area contributed by atoms with E-state index in [2.05, 4.69) is 31.6 Å². The molecule has 14 heteroatoms. The van der Waals surface area contributed by atoms with Gasteiger partial charge in [0.1, 0.15) is 10.4 Å². The first-order chi connectivity index (χ1) is 19.5. The highest BCUT2D eigenvalue weighted by molar-refractivity contribution is 7.91. The molecule has 1 saturated carbocycles. The molecule has 3 aromatic rings. The van der Waals surface area contributed by atoms with Crippen LogP contribution in [-0.2, 0) is 16.0 Å². The number of piperazine rings is 1. The minimum Gasteiger partial charge on any atom is -0.366 e. The molecule has 2 saturated heterocycles. The first kappa shape index (κ1) is 26.7. The summed E-state index contributed by atoms with van der Waals surface area (Å²) in [5.74, 6) is -0.543. The number of nitrogens with zero attached hydrogens (tertiary/aromatic N) is 4. The lowest BCUT2D eigenvalue weighted by Gasteiger charge is -2.30. The van der Waals surface area contributed by atoms with Gasteiger partial charge in [0.15, 0.2) is 9.84 Å². The topological polar surface area (TPSA) is 108 Å². The quantitative estimate of drug-likeness (QED) is 0.445. The Morgan fingerprint density at radius 1 is 1.20 bits per heavy atom. The first-order valence-electron chi connectivity index (χ1n) is 13.5. The van der Waals surface area contributed by atoms with Gasteiger partial charge in [-0.3, -0.25) is 4.79 Å². The van der Waals surface area contributed by atoms with Crippen molar-refractivity contribution in [3.8, 4) is 10.6 Å². The minimum atomic E-state index is -4.79. The number of hydrogen-bond donors (Lipinski definition) is 2. The molecule has 1 amide bonds. The highest BCUT2D eigenvalue weighted by Crippen LogP contribution is 2.47. The van der Waals surface area contributed by atoms with Crippen molar-refractivity contribution in [1.82, 2.24) is 20.2 Å². The number of hydrogen-bond acceptors (Lipinski definition) is 9. The van der Waals surface area contributed by atoms with Crippen LogP contribution in [0.25, 0.3) is 10.6 Å². The number of fused-ring (bicyclic) bond motifs is 3. The Hall–Kier alpha value is -3.23. The van der Waals surface area contributed by atoms with Crippen molar-refractivity contribution in [2.24, 2.45) is 0 Å². The summed E-state index contributed by atoms with van der Waals surface area (Å²) in [6.45, 7) is 1.91. The minimum absolute atomic E-state index is 0.00524. The Labute approximate surface area is 238 Å². The maximum atomic E-state index is 14.1. The lowest BCUT2D eigenvalue weighted by Crippen LogP contribution is -2.43. The standard InChI is InChI=1S/C27H27F3N6O3S2/c1-35-6-7-41(38,39)22-10-21(40-24(22)25(35)37)23-19(27(28,29)30)12-32-26(34-23)33-20-5-4-16(9-18(20)14-2-3-14)36-13-15-8-17(36)11-31-15/h4-5,9-10,12,14-15,17,31H,2-3,6-8,11,13H2,1H3,(H,32,33,34)/t15-,17-/m1/s1. The second-order valence-corrected chi connectivity index (χ2v) is 14.3. The Balaban J connectivity index is 1.27. The molecule has 2 atom stereocenters. The molecule has 4 aliphatic rings. The van der Waals surface area contributed by atoms with Gasteiger partial charge in [0.05, 0.1) is 21.2 Å². The Kier molecular flexibility index (Phi) is 6.11. The van der Waals surface area contributed by atoms with Gasteiger partial charge >= 0.3 is 6.18 Å². The second kappa shape index (κ2) is 9.39. The van der Waals surface area contributed by atoms with Crippen molar-refractivity contribution >= 4 is 44.4 Å². The van der Waals surface area contributed by atoms with Gasteiger partial charge in [0.25, 0.3) is 5.91 Å². The van der Waals surface area contributed by atoms with E-state index in [1.54, 1.807) is 0 Å². The smallest absolute Gasteiger partial charge is 0.366 e. The van der Waals surface area contributed by atoms with Crippen LogP contribution in [0.1, 0.15) is 46.0 Å². The molecule has 1 aromatic carbocycles. The van der Waals surface area contributed by atoms with Crippen molar-refractivity contribution in [3.05, 3.63) is 46.5 Å². The highest BCUT2D eigenvalue weighted by Gasteiger charge is 2.40. The summed E-state index contributed by atoms with van der Waals surface area (Å²) in [4.78, 5) is 24.3. The number of halogens is 3. The van der Waals surface area contributed by atoms with Gasteiger partial charge in [-0.15, -0.1) is 11.3 Å². The van der Waals surface area contributed by atoms with E-state index >= 15 is 0 Å². The van der Waals surface area contributed by atoms with Crippen LogP contribution in [0, 0.1) is 0 Å². The number of amides is 1. The van der Waals surface area contributed by atoms with Crippen molar-refractivity contribution in [3.63, 3.8) is 0 Å². The fraction of sp³-hybridized carbons (Fsp3) is 0.444. The molecule has 1 aliphatic carbocycles. The first-order valence-corrected chi connectivity index (χ1v) is 15.9. The molecule has 0 spiro atoms. The van der Waals surface area contributed by atoms with Crippen LogP contribution >= 0.6 is 11.3 Å². The molecule has 41 heavy (non-hydrogen) atoms. The van der Waals surface area contributed by atoms with Gasteiger partial charge in [0, 0.05) is 56.3 Å². The Bertz CT molecular complexity index is 1670. The van der Waals surface area contributed by atoms with E-state index in [0.717, 1.165) is 55.4 Å². The molecule has 2 N–H and O–H groups in total. The number of sulfone groups is 1. The van der Waals surface area contributed by atoms with Crippen LogP contribution in [0.4, 0.5) is 30.5 Å². The van der Waals surface area contributed by atoms with E-state index in [1.165, 1.54) is 11.9 Å². The Morgan fingerprint density at radius 2 is 2.00 bits per heavy atom. The maximum Gasteiger partial charge on any atom is 0.420 e. The summed E-state index contributed by atoms with van der Waals surface area (Å²) in [5, 5.41) is 6.64. The van der Waals surface area contributed by atoms with Crippen molar-refractivity contribution < 1.29 is 26.4 Å². The van der Waals surface area contributed by atoms with Gasteiger partial charge in [-0.2, -0.15) is 13.2 Å². The van der Waals surface area contributed by atoms with E-state index in [4.69, 9.17) is 0 Å². The molecule has 216 valence electrons. The molecular weight excluding hydrogens is 577 g/mol. The van der Waals surface area contributed by atoms with Crippen LogP contribution in [-0.4, -0.2) is 73.7 Å². The number of nitrogens with one attached hydrogen (secondary N) is 2. The number of anilines is 3. The predicted octanol–water partition coefficient (Wildman–Crippen LogP) is 4.25. The van der Waals surface area contributed by atoms with E-state index in [9.17, 15) is 26.4 Å². The third kappa shape index (κ3) is 4.75. The molecule has 0 unspecified atom stereocenters. The lowest BCUT2D eigenvalue weighted by atomic mass is 10.1. The van der Waals surface area contributed by atoms with Crippen LogP contribution in [0.15, 0.2) is 35.4 Å². The van der Waals surface area contributed by atoms with Gasteiger partial charge in [0.2, 0.25) is 5.95 Å². The number of aromatic nitrogens is 2. The fourth-order valence-electron chi connectivity index (χ4n) is 5.92. The second-order valence-electron chi connectivity index (χ2n) is 11.1. The van der Waals surface area contributed by atoms with Gasteiger partial charge < -0.3 is 20.4 Å². The third-order valence-corrected chi connectivity index (χ3v) is 11.3. The molecule has 3 aliphatic heterocycles. The number of carbonyl (C=O) groups excluding carboxylic acids is 1. The average molecular weight is 605 g/mol. The summed E-state index contributed by atoms with van der Waals surface area (Å²) in [7, 11) is -2.40. The van der Waals surface area contributed by atoms with Gasteiger partial charge in [-0.1, -0.05) is 0 Å². The molecule has 5 heterocycles. The summed E-state index contributed by atoms with van der Waals surface area (Å²) in [6.07, 6.45) is -0.904. The lowest BCUT2D eigenvalue weighted by molar-refractivity contribution is -0.137. The normalized spacial score (nSPS) is 23.6. The molecule has 7 rings (SSSR count).